The molecule has 1 saturated heterocycles. The van der Waals surface area contributed by atoms with E-state index in [1.165, 1.54) is 11.3 Å². The van der Waals surface area contributed by atoms with E-state index in [4.69, 9.17) is 4.74 Å². The van der Waals surface area contributed by atoms with E-state index < -0.39 is 0 Å². The molecule has 1 aromatic heterocycles. The minimum Gasteiger partial charge on any atom is -0.368 e. The highest BCUT2D eigenvalue weighted by Gasteiger charge is 2.23. The third-order valence-corrected chi connectivity index (χ3v) is 2.42. The third-order valence-electron chi connectivity index (χ3n) is 1.81. The van der Waals surface area contributed by atoms with E-state index in [9.17, 15) is 4.79 Å². The molecule has 1 fully saturated rings. The first-order chi connectivity index (χ1) is 6.36. The highest BCUT2D eigenvalue weighted by Crippen LogP contribution is 2.15. The molecule has 0 aromatic carbocycles. The van der Waals surface area contributed by atoms with Crippen molar-refractivity contribution in [1.29, 1.82) is 0 Å². The van der Waals surface area contributed by atoms with Gasteiger partial charge in [0.05, 0.1) is 0 Å². The van der Waals surface area contributed by atoms with Crippen molar-refractivity contribution in [2.75, 3.05) is 11.9 Å². The van der Waals surface area contributed by atoms with Crippen molar-refractivity contribution in [1.82, 2.24) is 10.2 Å². The lowest BCUT2D eigenvalue weighted by atomic mass is 10.2. The van der Waals surface area contributed by atoms with Gasteiger partial charge >= 0.3 is 0 Å². The van der Waals surface area contributed by atoms with E-state index in [1.54, 1.807) is 5.51 Å². The van der Waals surface area contributed by atoms with Crippen LogP contribution in [0.15, 0.2) is 5.51 Å². The lowest BCUT2D eigenvalue weighted by molar-refractivity contribution is -0.124. The van der Waals surface area contributed by atoms with Gasteiger partial charge in [-0.3, -0.25) is 10.1 Å². The number of carbonyl (C=O) groups excluding carboxylic acids is 1. The van der Waals surface area contributed by atoms with E-state index in [2.05, 4.69) is 15.5 Å². The minimum absolute atomic E-state index is 0.116. The van der Waals surface area contributed by atoms with Crippen LogP contribution in [0.5, 0.6) is 0 Å². The molecular weight excluding hydrogens is 190 g/mol. The predicted octanol–water partition coefficient (Wildman–Crippen LogP) is 0.656. The maximum absolute atomic E-state index is 11.4. The van der Waals surface area contributed by atoms with Gasteiger partial charge in [-0.15, -0.1) is 10.2 Å². The topological polar surface area (TPSA) is 64.1 Å². The van der Waals surface area contributed by atoms with Crippen LogP contribution in [0, 0.1) is 0 Å². The zero-order chi connectivity index (χ0) is 9.10. The number of hydrogen-bond acceptors (Lipinski definition) is 5. The second-order valence-corrected chi connectivity index (χ2v) is 3.57. The van der Waals surface area contributed by atoms with Crippen LogP contribution in [0.2, 0.25) is 0 Å². The van der Waals surface area contributed by atoms with E-state index in [0.29, 0.717) is 11.7 Å². The van der Waals surface area contributed by atoms with Gasteiger partial charge in [0.2, 0.25) is 5.13 Å². The monoisotopic (exact) mass is 199 g/mol. The number of amides is 1. The normalized spacial score (nSPS) is 21.7. The number of rotatable bonds is 2. The standard InChI is InChI=1S/C7H9N3O2S/c11-6(5-2-1-3-12-5)9-7-10-8-4-13-7/h4-5H,1-3H2,(H,9,10,11). The maximum atomic E-state index is 11.4. The Kier molecular flexibility index (Phi) is 2.51. The third kappa shape index (κ3) is 2.02. The van der Waals surface area contributed by atoms with E-state index in [-0.39, 0.29) is 12.0 Å². The number of hydrogen-bond donors (Lipinski definition) is 1. The van der Waals surface area contributed by atoms with Crippen LogP contribution in [0.1, 0.15) is 12.8 Å². The van der Waals surface area contributed by atoms with Crippen molar-refractivity contribution in [3.05, 3.63) is 5.51 Å². The number of anilines is 1. The van der Waals surface area contributed by atoms with Crippen LogP contribution >= 0.6 is 11.3 Å². The molecule has 1 unspecified atom stereocenters. The molecule has 0 aliphatic carbocycles. The van der Waals surface area contributed by atoms with Gasteiger partial charge in [-0.2, -0.15) is 0 Å². The Morgan fingerprint density at radius 3 is 3.31 bits per heavy atom. The second-order valence-electron chi connectivity index (χ2n) is 2.73. The highest BCUT2D eigenvalue weighted by atomic mass is 32.1. The first-order valence-electron chi connectivity index (χ1n) is 4.05. The summed E-state index contributed by atoms with van der Waals surface area (Å²) in [6.07, 6.45) is 1.45. The average molecular weight is 199 g/mol. The molecule has 0 bridgehead atoms. The van der Waals surface area contributed by atoms with Gasteiger partial charge in [0, 0.05) is 6.61 Å². The van der Waals surface area contributed by atoms with E-state index >= 15 is 0 Å². The average Bonchev–Trinajstić information content (AvgIpc) is 2.74. The molecule has 2 heterocycles. The summed E-state index contributed by atoms with van der Waals surface area (Å²) in [6.45, 7) is 0.675. The Hall–Kier alpha value is -1.01. The fourth-order valence-electron chi connectivity index (χ4n) is 1.20. The van der Waals surface area contributed by atoms with Gasteiger partial charge in [-0.1, -0.05) is 11.3 Å². The summed E-state index contributed by atoms with van der Waals surface area (Å²) in [5, 5.41) is 10.5. The Morgan fingerprint density at radius 1 is 1.77 bits per heavy atom. The lowest BCUT2D eigenvalue weighted by Crippen LogP contribution is -2.26. The van der Waals surface area contributed by atoms with Crippen LogP contribution in [-0.2, 0) is 9.53 Å². The maximum Gasteiger partial charge on any atom is 0.255 e. The zero-order valence-corrected chi connectivity index (χ0v) is 7.71. The van der Waals surface area contributed by atoms with E-state index in [1.807, 2.05) is 0 Å². The molecule has 13 heavy (non-hydrogen) atoms. The number of nitrogens with one attached hydrogen (secondary N) is 1. The molecule has 2 rings (SSSR count). The van der Waals surface area contributed by atoms with Gasteiger partial charge in [-0.25, -0.2) is 0 Å². The molecule has 1 aliphatic heterocycles. The zero-order valence-electron chi connectivity index (χ0n) is 6.90. The number of carbonyl (C=O) groups is 1. The molecule has 1 aliphatic rings. The van der Waals surface area contributed by atoms with Crippen LogP contribution < -0.4 is 5.32 Å². The molecule has 1 aromatic rings. The highest BCUT2D eigenvalue weighted by molar-refractivity contribution is 7.13. The molecular formula is C7H9N3O2S. The van der Waals surface area contributed by atoms with Gasteiger partial charge in [0.15, 0.2) is 0 Å². The largest absolute Gasteiger partial charge is 0.368 e. The SMILES string of the molecule is O=C(Nc1nncs1)C1CCCO1. The van der Waals surface area contributed by atoms with Crippen molar-refractivity contribution in [2.45, 2.75) is 18.9 Å². The first kappa shape index (κ1) is 8.58. The summed E-state index contributed by atoms with van der Waals surface area (Å²) in [5.41, 5.74) is 1.57. The number of aromatic nitrogens is 2. The summed E-state index contributed by atoms with van der Waals surface area (Å²) < 4.78 is 5.21. The minimum atomic E-state index is -0.302. The molecule has 0 radical (unpaired) electrons. The van der Waals surface area contributed by atoms with Crippen molar-refractivity contribution >= 4 is 22.4 Å². The first-order valence-corrected chi connectivity index (χ1v) is 4.93. The molecule has 5 nitrogen and oxygen atoms in total. The Balaban J connectivity index is 1.91. The number of nitrogens with zero attached hydrogens (tertiary/aromatic N) is 2. The molecule has 1 amide bonds. The summed E-state index contributed by atoms with van der Waals surface area (Å²) in [6, 6.07) is 0. The van der Waals surface area contributed by atoms with Gasteiger partial charge in [0.1, 0.15) is 11.6 Å². The summed E-state index contributed by atoms with van der Waals surface area (Å²) in [7, 11) is 0. The summed E-state index contributed by atoms with van der Waals surface area (Å²) in [5.74, 6) is -0.116. The molecule has 6 heteroatoms. The Bertz CT molecular complexity index is 282. The van der Waals surface area contributed by atoms with Crippen molar-refractivity contribution in [3.8, 4) is 0 Å². The Morgan fingerprint density at radius 2 is 2.69 bits per heavy atom. The van der Waals surface area contributed by atoms with Crippen LogP contribution in [0.25, 0.3) is 0 Å². The smallest absolute Gasteiger partial charge is 0.255 e. The fourth-order valence-corrected chi connectivity index (χ4v) is 1.65. The fraction of sp³-hybridized carbons (Fsp3) is 0.571. The van der Waals surface area contributed by atoms with Crippen LogP contribution in [0.4, 0.5) is 5.13 Å². The lowest BCUT2D eigenvalue weighted by Gasteiger charge is -2.06. The molecule has 0 spiro atoms. The summed E-state index contributed by atoms with van der Waals surface area (Å²) in [4.78, 5) is 11.4. The van der Waals surface area contributed by atoms with Gasteiger partial charge in [0.25, 0.3) is 5.91 Å². The van der Waals surface area contributed by atoms with Gasteiger partial charge < -0.3 is 4.74 Å². The van der Waals surface area contributed by atoms with Crippen molar-refractivity contribution in [3.63, 3.8) is 0 Å². The van der Waals surface area contributed by atoms with Gasteiger partial charge in [-0.05, 0) is 12.8 Å². The number of ether oxygens (including phenoxy) is 1. The van der Waals surface area contributed by atoms with Crippen molar-refractivity contribution < 1.29 is 9.53 Å². The summed E-state index contributed by atoms with van der Waals surface area (Å²) >= 11 is 1.30. The predicted molar refractivity (Wildman–Crippen MR) is 47.5 cm³/mol. The van der Waals surface area contributed by atoms with E-state index in [0.717, 1.165) is 12.8 Å². The molecule has 0 saturated carbocycles. The van der Waals surface area contributed by atoms with Crippen LogP contribution in [0.3, 0.4) is 0 Å². The second kappa shape index (κ2) is 3.80. The quantitative estimate of drug-likeness (QED) is 0.759. The molecule has 70 valence electrons. The van der Waals surface area contributed by atoms with Crippen LogP contribution in [-0.4, -0.2) is 28.8 Å². The molecule has 1 atom stereocenters. The molecule has 1 N–H and O–H groups in total. The Labute approximate surface area is 79.1 Å². The van der Waals surface area contributed by atoms with Crippen molar-refractivity contribution in [2.24, 2.45) is 0 Å².